The average molecular weight is 300 g/mol. The SMILES string of the molecule is CC(=NCCN1CCOCC1)C1=C(O)c2ccccc2C1=O. The number of ketones is 1. The number of allylic oxidation sites excluding steroid dienone is 1. The number of carbonyl (C=O) groups is 1. The minimum Gasteiger partial charge on any atom is -0.506 e. The smallest absolute Gasteiger partial charge is 0.199 e. The van der Waals surface area contributed by atoms with Gasteiger partial charge in [-0.2, -0.15) is 0 Å². The predicted molar refractivity (Wildman–Crippen MR) is 85.6 cm³/mol. The lowest BCUT2D eigenvalue weighted by Crippen LogP contribution is -2.37. The fourth-order valence-corrected chi connectivity index (χ4v) is 2.86. The van der Waals surface area contributed by atoms with Gasteiger partial charge < -0.3 is 9.84 Å². The van der Waals surface area contributed by atoms with Crippen molar-refractivity contribution in [1.82, 2.24) is 4.90 Å². The van der Waals surface area contributed by atoms with Crippen molar-refractivity contribution in [2.75, 3.05) is 39.4 Å². The summed E-state index contributed by atoms with van der Waals surface area (Å²) in [6, 6.07) is 7.12. The highest BCUT2D eigenvalue weighted by atomic mass is 16.5. The molecule has 1 aromatic rings. The molecule has 116 valence electrons. The molecule has 0 radical (unpaired) electrons. The molecule has 1 aromatic carbocycles. The van der Waals surface area contributed by atoms with Gasteiger partial charge >= 0.3 is 0 Å². The first-order chi connectivity index (χ1) is 10.7. The van der Waals surface area contributed by atoms with Gasteiger partial charge in [0.2, 0.25) is 0 Å². The molecule has 0 spiro atoms. The van der Waals surface area contributed by atoms with Crippen LogP contribution in [-0.2, 0) is 4.74 Å². The number of aliphatic imine (C=N–C) groups is 1. The second-order valence-corrected chi connectivity index (χ2v) is 5.52. The zero-order valence-corrected chi connectivity index (χ0v) is 12.7. The molecule has 2 aliphatic rings. The van der Waals surface area contributed by atoms with E-state index in [1.165, 1.54) is 0 Å². The Balaban J connectivity index is 1.69. The van der Waals surface area contributed by atoms with Crippen LogP contribution in [0.25, 0.3) is 5.76 Å². The van der Waals surface area contributed by atoms with E-state index < -0.39 is 0 Å². The molecule has 1 aliphatic heterocycles. The van der Waals surface area contributed by atoms with E-state index in [0.717, 1.165) is 32.8 Å². The van der Waals surface area contributed by atoms with Crippen LogP contribution in [0.15, 0.2) is 34.8 Å². The maximum atomic E-state index is 12.4. The minimum atomic E-state index is -0.138. The molecule has 1 saturated heterocycles. The number of morpholine rings is 1. The van der Waals surface area contributed by atoms with E-state index in [1.807, 2.05) is 6.07 Å². The van der Waals surface area contributed by atoms with Crippen LogP contribution in [0.5, 0.6) is 0 Å². The van der Waals surface area contributed by atoms with Crippen molar-refractivity contribution in [2.24, 2.45) is 4.99 Å². The van der Waals surface area contributed by atoms with Crippen molar-refractivity contribution < 1.29 is 14.6 Å². The highest BCUT2D eigenvalue weighted by Crippen LogP contribution is 2.31. The third kappa shape index (κ3) is 2.82. The third-order valence-electron chi connectivity index (χ3n) is 4.12. The Morgan fingerprint density at radius 1 is 1.27 bits per heavy atom. The summed E-state index contributed by atoms with van der Waals surface area (Å²) in [6.07, 6.45) is 0. The van der Waals surface area contributed by atoms with Crippen LogP contribution in [0.3, 0.4) is 0 Å². The number of aliphatic hydroxyl groups is 1. The van der Waals surface area contributed by atoms with Crippen LogP contribution < -0.4 is 0 Å². The fraction of sp³-hybridized carbons (Fsp3) is 0.412. The number of rotatable bonds is 4. The monoisotopic (exact) mass is 300 g/mol. The molecule has 0 bridgehead atoms. The molecule has 5 heteroatoms. The second kappa shape index (κ2) is 6.42. The van der Waals surface area contributed by atoms with Gasteiger partial charge in [-0.25, -0.2) is 0 Å². The molecule has 0 amide bonds. The predicted octanol–water partition coefficient (Wildman–Crippen LogP) is 1.95. The van der Waals surface area contributed by atoms with Crippen molar-refractivity contribution in [1.29, 1.82) is 0 Å². The quantitative estimate of drug-likeness (QED) is 0.863. The number of hydrogen-bond donors (Lipinski definition) is 1. The van der Waals surface area contributed by atoms with Crippen LogP contribution in [0.2, 0.25) is 0 Å². The Hall–Kier alpha value is -1.98. The molecule has 0 unspecified atom stereocenters. The van der Waals surface area contributed by atoms with Crippen LogP contribution in [-0.4, -0.2) is 60.9 Å². The van der Waals surface area contributed by atoms with E-state index in [-0.39, 0.29) is 11.5 Å². The number of aliphatic hydroxyl groups excluding tert-OH is 1. The summed E-state index contributed by atoms with van der Waals surface area (Å²) in [5.74, 6) is -0.0889. The Morgan fingerprint density at radius 2 is 1.95 bits per heavy atom. The largest absolute Gasteiger partial charge is 0.506 e. The summed E-state index contributed by atoms with van der Waals surface area (Å²) < 4.78 is 5.31. The van der Waals surface area contributed by atoms with E-state index in [0.29, 0.717) is 29.0 Å². The standard InChI is InChI=1S/C17H20N2O3/c1-12(18-6-7-19-8-10-22-11-9-19)15-16(20)13-4-2-3-5-14(13)17(15)21/h2-5,20H,6-11H2,1H3. The van der Waals surface area contributed by atoms with E-state index in [4.69, 9.17) is 4.74 Å². The van der Waals surface area contributed by atoms with Crippen molar-refractivity contribution >= 4 is 17.3 Å². The summed E-state index contributed by atoms with van der Waals surface area (Å²) in [4.78, 5) is 19.2. The first-order valence-corrected chi connectivity index (χ1v) is 7.57. The third-order valence-corrected chi connectivity index (χ3v) is 4.12. The van der Waals surface area contributed by atoms with Gasteiger partial charge in [0.15, 0.2) is 5.78 Å². The zero-order chi connectivity index (χ0) is 15.5. The molecule has 1 fully saturated rings. The lowest BCUT2D eigenvalue weighted by atomic mass is 10.1. The Bertz CT molecular complexity index is 643. The minimum absolute atomic E-state index is 0.0493. The van der Waals surface area contributed by atoms with E-state index in [9.17, 15) is 9.90 Å². The molecule has 5 nitrogen and oxygen atoms in total. The summed E-state index contributed by atoms with van der Waals surface area (Å²) in [5, 5.41) is 10.3. The number of hydrogen-bond acceptors (Lipinski definition) is 5. The topological polar surface area (TPSA) is 62.1 Å². The van der Waals surface area contributed by atoms with Gasteiger partial charge in [0, 0.05) is 36.5 Å². The van der Waals surface area contributed by atoms with E-state index >= 15 is 0 Å². The number of Topliss-reactive ketones (excluding diaryl/α,β-unsaturated/α-hetero) is 1. The number of ether oxygens (including phenoxy) is 1. The molecular formula is C17H20N2O3. The lowest BCUT2D eigenvalue weighted by Gasteiger charge is -2.25. The summed E-state index contributed by atoms with van der Waals surface area (Å²) in [6.45, 7) is 6.63. The first kappa shape index (κ1) is 14.9. The normalized spacial score (nSPS) is 19.7. The number of benzene rings is 1. The average Bonchev–Trinajstić information content (AvgIpc) is 2.80. The van der Waals surface area contributed by atoms with E-state index in [1.54, 1.807) is 25.1 Å². The lowest BCUT2D eigenvalue weighted by molar-refractivity contribution is 0.0394. The number of carbonyl (C=O) groups excluding carboxylic acids is 1. The van der Waals surface area contributed by atoms with Crippen molar-refractivity contribution in [2.45, 2.75) is 6.92 Å². The second-order valence-electron chi connectivity index (χ2n) is 5.52. The van der Waals surface area contributed by atoms with Gasteiger partial charge in [-0.1, -0.05) is 24.3 Å². The Kier molecular flexibility index (Phi) is 4.36. The summed E-state index contributed by atoms with van der Waals surface area (Å²) in [5.41, 5.74) is 2.10. The summed E-state index contributed by atoms with van der Waals surface area (Å²) >= 11 is 0. The molecule has 22 heavy (non-hydrogen) atoms. The van der Waals surface area contributed by atoms with Crippen LogP contribution in [0.4, 0.5) is 0 Å². The highest BCUT2D eigenvalue weighted by molar-refractivity contribution is 6.35. The van der Waals surface area contributed by atoms with Crippen molar-refractivity contribution in [3.05, 3.63) is 41.0 Å². The van der Waals surface area contributed by atoms with Gasteiger partial charge in [-0.3, -0.25) is 14.7 Å². The molecule has 3 rings (SSSR count). The number of nitrogens with zero attached hydrogens (tertiary/aromatic N) is 2. The zero-order valence-electron chi connectivity index (χ0n) is 12.7. The maximum absolute atomic E-state index is 12.4. The first-order valence-electron chi connectivity index (χ1n) is 7.57. The van der Waals surface area contributed by atoms with Gasteiger partial charge in [0.1, 0.15) is 5.76 Å². The highest BCUT2D eigenvalue weighted by Gasteiger charge is 2.30. The van der Waals surface area contributed by atoms with Crippen LogP contribution in [0, 0.1) is 0 Å². The van der Waals surface area contributed by atoms with Crippen molar-refractivity contribution in [3.63, 3.8) is 0 Å². The molecule has 0 aromatic heterocycles. The van der Waals surface area contributed by atoms with Gasteiger partial charge in [0.25, 0.3) is 0 Å². The summed E-state index contributed by atoms with van der Waals surface area (Å²) in [7, 11) is 0. The number of fused-ring (bicyclic) bond motifs is 1. The van der Waals surface area contributed by atoms with Gasteiger partial charge in [-0.15, -0.1) is 0 Å². The van der Waals surface area contributed by atoms with E-state index in [2.05, 4.69) is 9.89 Å². The van der Waals surface area contributed by atoms with Crippen LogP contribution >= 0.6 is 0 Å². The van der Waals surface area contributed by atoms with Gasteiger partial charge in [0.05, 0.1) is 25.3 Å². The fourth-order valence-electron chi connectivity index (χ4n) is 2.86. The van der Waals surface area contributed by atoms with Gasteiger partial charge in [-0.05, 0) is 6.92 Å². The molecule has 1 aliphatic carbocycles. The molecular weight excluding hydrogens is 280 g/mol. The Labute approximate surface area is 129 Å². The van der Waals surface area contributed by atoms with Crippen LogP contribution in [0.1, 0.15) is 22.8 Å². The maximum Gasteiger partial charge on any atom is 0.199 e. The van der Waals surface area contributed by atoms with Crippen molar-refractivity contribution in [3.8, 4) is 0 Å². The molecule has 0 atom stereocenters. The molecule has 1 N–H and O–H groups in total. The molecule has 1 heterocycles. The molecule has 0 saturated carbocycles. The Morgan fingerprint density at radius 3 is 2.64 bits per heavy atom.